The molecule has 242 valence electrons. The SMILES string of the molecule is CC(=O)NC[C@H]1CN(c2ccc(OC[C@]3(O)C[C@@H]4COc5c(c(F)cc6c(=O)c(C(=O)O)cn(C7CC7)c56)N4C3)c(F)c2)C(=O)O1. The number of ether oxygens (including phenoxy) is 3. The van der Waals surface area contributed by atoms with Gasteiger partial charge in [-0.1, -0.05) is 0 Å². The van der Waals surface area contributed by atoms with E-state index in [-0.39, 0.29) is 79.5 Å². The van der Waals surface area contributed by atoms with Crippen molar-refractivity contribution in [3.8, 4) is 11.5 Å². The Hall–Kier alpha value is -4.92. The lowest BCUT2D eigenvalue weighted by Crippen LogP contribution is -2.41. The second-order valence-corrected chi connectivity index (χ2v) is 12.2. The molecular formula is C31H30F2N4O9. The molecule has 4 aliphatic rings. The first kappa shape index (κ1) is 29.8. The number of hydrogen-bond donors (Lipinski definition) is 3. The van der Waals surface area contributed by atoms with E-state index in [2.05, 4.69) is 5.32 Å². The lowest BCUT2D eigenvalue weighted by atomic mass is 10.0. The first-order valence-electron chi connectivity index (χ1n) is 14.8. The van der Waals surface area contributed by atoms with Gasteiger partial charge in [-0.15, -0.1) is 0 Å². The second kappa shape index (κ2) is 10.9. The molecule has 3 aliphatic heterocycles. The summed E-state index contributed by atoms with van der Waals surface area (Å²) in [6.45, 7) is 1.23. The maximum absolute atomic E-state index is 15.7. The van der Waals surface area contributed by atoms with Crippen LogP contribution in [0, 0.1) is 11.6 Å². The predicted molar refractivity (Wildman–Crippen MR) is 158 cm³/mol. The Morgan fingerprint density at radius 1 is 1.15 bits per heavy atom. The lowest BCUT2D eigenvalue weighted by Gasteiger charge is -2.34. The molecule has 4 heterocycles. The molecule has 1 aromatic heterocycles. The number of carbonyl (C=O) groups excluding carboxylic acids is 2. The van der Waals surface area contributed by atoms with Gasteiger partial charge in [-0.2, -0.15) is 0 Å². The summed E-state index contributed by atoms with van der Waals surface area (Å²) in [7, 11) is 0. The summed E-state index contributed by atoms with van der Waals surface area (Å²) < 4.78 is 49.4. The molecule has 0 unspecified atom stereocenters. The largest absolute Gasteiger partial charge is 0.487 e. The van der Waals surface area contributed by atoms with Crippen LogP contribution in [-0.2, 0) is 9.53 Å². The Morgan fingerprint density at radius 3 is 2.63 bits per heavy atom. The maximum Gasteiger partial charge on any atom is 0.414 e. The summed E-state index contributed by atoms with van der Waals surface area (Å²) in [5.41, 5.74) is -2.19. The Bertz CT molecular complexity index is 1860. The topological polar surface area (TPSA) is 160 Å². The third-order valence-corrected chi connectivity index (χ3v) is 8.77. The zero-order valence-electron chi connectivity index (χ0n) is 24.6. The number of aromatic nitrogens is 1. The first-order valence-corrected chi connectivity index (χ1v) is 14.8. The number of aromatic carboxylic acids is 1. The molecule has 1 saturated carbocycles. The number of nitrogens with one attached hydrogen (secondary N) is 1. The summed E-state index contributed by atoms with van der Waals surface area (Å²) in [5, 5.41) is 23.5. The summed E-state index contributed by atoms with van der Waals surface area (Å²) in [6, 6.07) is 4.43. The van der Waals surface area contributed by atoms with Gasteiger partial charge in [0.2, 0.25) is 11.3 Å². The summed E-state index contributed by atoms with van der Waals surface area (Å²) in [5.74, 6) is -3.30. The average Bonchev–Trinajstić information content (AvgIpc) is 3.69. The van der Waals surface area contributed by atoms with Crippen molar-refractivity contribution in [3.63, 3.8) is 0 Å². The van der Waals surface area contributed by atoms with Gasteiger partial charge in [0.15, 0.2) is 23.1 Å². The van der Waals surface area contributed by atoms with Gasteiger partial charge in [-0.3, -0.25) is 14.5 Å². The highest BCUT2D eigenvalue weighted by Crippen LogP contribution is 2.48. The van der Waals surface area contributed by atoms with Crippen molar-refractivity contribution in [2.24, 2.45) is 0 Å². The molecular weight excluding hydrogens is 610 g/mol. The van der Waals surface area contributed by atoms with E-state index in [1.54, 1.807) is 9.47 Å². The van der Waals surface area contributed by atoms with E-state index in [1.165, 1.54) is 30.2 Å². The molecule has 3 fully saturated rings. The van der Waals surface area contributed by atoms with E-state index in [1.807, 2.05) is 0 Å². The van der Waals surface area contributed by atoms with Crippen LogP contribution in [0.15, 0.2) is 35.3 Å². The van der Waals surface area contributed by atoms with Crippen molar-refractivity contribution in [1.29, 1.82) is 0 Å². The predicted octanol–water partition coefficient (Wildman–Crippen LogP) is 2.56. The zero-order valence-corrected chi connectivity index (χ0v) is 24.6. The Balaban J connectivity index is 1.10. The van der Waals surface area contributed by atoms with E-state index in [9.17, 15) is 29.4 Å². The quantitative estimate of drug-likeness (QED) is 0.334. The van der Waals surface area contributed by atoms with Gasteiger partial charge in [-0.05, 0) is 31.0 Å². The second-order valence-electron chi connectivity index (χ2n) is 12.2. The third-order valence-electron chi connectivity index (χ3n) is 8.77. The minimum absolute atomic E-state index is 0.0523. The fourth-order valence-corrected chi connectivity index (χ4v) is 6.48. The van der Waals surface area contributed by atoms with E-state index < -0.39 is 52.4 Å². The Morgan fingerprint density at radius 2 is 1.93 bits per heavy atom. The standard InChI is InChI=1S/C31H30F2N4O9/c1-15(38)34-9-19-10-36(30(42)46-19)17-4-5-24(22(32)6-17)45-14-31(43)8-18-12-44-28-25-20(7-23(33)26(28)37(18)13-31)27(39)21(29(40)41)11-35(25)16-2-3-16/h4-7,11,16,18-19,43H,2-3,8-10,12-14H2,1H3,(H,34,38)(H,40,41)/t18-,19+,31+/m1/s1. The van der Waals surface area contributed by atoms with Gasteiger partial charge in [0, 0.05) is 31.6 Å². The number of halogens is 2. The number of rotatable bonds is 8. The number of cyclic esters (lactones) is 1. The number of carboxylic acids is 1. The van der Waals surface area contributed by atoms with Crippen molar-refractivity contribution in [2.75, 3.05) is 42.6 Å². The number of carbonyl (C=O) groups is 3. The minimum Gasteiger partial charge on any atom is -0.487 e. The molecule has 2 amide bonds. The van der Waals surface area contributed by atoms with Gasteiger partial charge in [0.1, 0.15) is 36.2 Å². The number of nitrogens with zero attached hydrogens (tertiary/aromatic N) is 3. The van der Waals surface area contributed by atoms with Crippen LogP contribution in [0.4, 0.5) is 25.0 Å². The van der Waals surface area contributed by atoms with Crippen LogP contribution in [0.25, 0.3) is 10.9 Å². The summed E-state index contributed by atoms with van der Waals surface area (Å²) in [4.78, 5) is 51.1. The van der Waals surface area contributed by atoms with Gasteiger partial charge in [0.25, 0.3) is 0 Å². The summed E-state index contributed by atoms with van der Waals surface area (Å²) >= 11 is 0. The number of pyridine rings is 1. The Kier molecular flexibility index (Phi) is 7.03. The molecule has 2 saturated heterocycles. The molecule has 7 rings (SSSR count). The van der Waals surface area contributed by atoms with E-state index in [0.29, 0.717) is 5.52 Å². The highest BCUT2D eigenvalue weighted by atomic mass is 19.1. The monoisotopic (exact) mass is 640 g/mol. The van der Waals surface area contributed by atoms with Crippen LogP contribution in [-0.4, -0.2) is 83.3 Å². The van der Waals surface area contributed by atoms with Crippen LogP contribution < -0.4 is 30.0 Å². The number of hydrogen-bond acceptors (Lipinski definition) is 9. The van der Waals surface area contributed by atoms with Gasteiger partial charge in [0.05, 0.1) is 42.3 Å². The molecule has 2 aromatic carbocycles. The van der Waals surface area contributed by atoms with Gasteiger partial charge in [-0.25, -0.2) is 18.4 Å². The van der Waals surface area contributed by atoms with Crippen LogP contribution in [0.2, 0.25) is 0 Å². The first-order chi connectivity index (χ1) is 21.9. The molecule has 0 spiro atoms. The maximum atomic E-state index is 15.7. The fraction of sp³-hybridized carbons (Fsp3) is 0.419. The van der Waals surface area contributed by atoms with Crippen LogP contribution >= 0.6 is 0 Å². The average molecular weight is 641 g/mol. The van der Waals surface area contributed by atoms with E-state index in [4.69, 9.17) is 14.2 Å². The molecule has 0 bridgehead atoms. The van der Waals surface area contributed by atoms with Crippen molar-refractivity contribution < 1.29 is 47.6 Å². The summed E-state index contributed by atoms with van der Waals surface area (Å²) in [6.07, 6.45) is 1.66. The lowest BCUT2D eigenvalue weighted by molar-refractivity contribution is -0.119. The Labute approximate surface area is 259 Å². The third kappa shape index (κ3) is 5.13. The van der Waals surface area contributed by atoms with E-state index >= 15 is 8.78 Å². The van der Waals surface area contributed by atoms with Gasteiger partial charge < -0.3 is 39.2 Å². The van der Waals surface area contributed by atoms with Crippen molar-refractivity contribution >= 4 is 40.2 Å². The zero-order chi connectivity index (χ0) is 32.5. The highest BCUT2D eigenvalue weighted by Gasteiger charge is 2.48. The van der Waals surface area contributed by atoms with Crippen molar-refractivity contribution in [3.05, 3.63) is 57.9 Å². The normalized spacial score (nSPS) is 23.5. The highest BCUT2D eigenvalue weighted by molar-refractivity contribution is 5.97. The number of amides is 2. The van der Waals surface area contributed by atoms with Crippen LogP contribution in [0.3, 0.4) is 0 Å². The minimum atomic E-state index is -1.53. The molecule has 1 aliphatic carbocycles. The molecule has 3 aromatic rings. The van der Waals surface area contributed by atoms with Crippen molar-refractivity contribution in [1.82, 2.24) is 9.88 Å². The van der Waals surface area contributed by atoms with Crippen LogP contribution in [0.1, 0.15) is 42.6 Å². The number of anilines is 2. The van der Waals surface area contributed by atoms with Crippen molar-refractivity contribution in [2.45, 2.75) is 50.0 Å². The molecule has 13 nitrogen and oxygen atoms in total. The smallest absolute Gasteiger partial charge is 0.414 e. The molecule has 3 N–H and O–H groups in total. The molecule has 15 heteroatoms. The number of benzene rings is 2. The number of aliphatic hydroxyl groups is 1. The number of carboxylic acid groups (broad SMARTS) is 1. The molecule has 3 atom stereocenters. The van der Waals surface area contributed by atoms with Gasteiger partial charge >= 0.3 is 12.1 Å². The number of fused-ring (bicyclic) bond motifs is 5. The molecule has 0 radical (unpaired) electrons. The molecule has 46 heavy (non-hydrogen) atoms. The van der Waals surface area contributed by atoms with Crippen LogP contribution in [0.5, 0.6) is 11.5 Å². The fourth-order valence-electron chi connectivity index (χ4n) is 6.48. The van der Waals surface area contributed by atoms with E-state index in [0.717, 1.165) is 25.0 Å².